The van der Waals surface area contributed by atoms with Gasteiger partial charge in [0.15, 0.2) is 5.82 Å². The van der Waals surface area contributed by atoms with Crippen LogP contribution in [0.5, 0.6) is 0 Å². The summed E-state index contributed by atoms with van der Waals surface area (Å²) < 4.78 is 7.47. The van der Waals surface area contributed by atoms with Gasteiger partial charge in [-0.3, -0.25) is 4.90 Å². The van der Waals surface area contributed by atoms with Gasteiger partial charge in [-0.25, -0.2) is 9.67 Å². The fraction of sp³-hybridized carbons (Fsp3) is 0.533. The Morgan fingerprint density at radius 1 is 1.24 bits per heavy atom. The third kappa shape index (κ3) is 3.46. The smallest absolute Gasteiger partial charge is 0.155 e. The zero-order chi connectivity index (χ0) is 14.8. The Labute approximate surface area is 124 Å². The van der Waals surface area contributed by atoms with E-state index >= 15 is 0 Å². The van der Waals surface area contributed by atoms with Crippen molar-refractivity contribution in [3.05, 3.63) is 35.8 Å². The van der Waals surface area contributed by atoms with Crippen LogP contribution in [0, 0.1) is 6.92 Å². The average molecular weight is 287 g/mol. The van der Waals surface area contributed by atoms with Gasteiger partial charge in [0.2, 0.25) is 0 Å². The second-order valence-corrected chi connectivity index (χ2v) is 5.80. The van der Waals surface area contributed by atoms with Crippen molar-refractivity contribution >= 4 is 0 Å². The highest BCUT2D eigenvalue weighted by molar-refractivity contribution is 5.23. The highest BCUT2D eigenvalue weighted by Crippen LogP contribution is 2.13. The Morgan fingerprint density at radius 3 is 2.67 bits per heavy atom. The average Bonchev–Trinajstić information content (AvgIpc) is 2.87. The van der Waals surface area contributed by atoms with Gasteiger partial charge in [-0.05, 0) is 32.4 Å². The maximum absolute atomic E-state index is 5.75. The van der Waals surface area contributed by atoms with Crippen LogP contribution in [-0.2, 0) is 11.3 Å². The molecule has 2 atom stereocenters. The molecule has 0 radical (unpaired) electrons. The van der Waals surface area contributed by atoms with Gasteiger partial charge in [0.05, 0.1) is 24.1 Å². The topological polar surface area (TPSA) is 56.1 Å². The maximum atomic E-state index is 5.75. The van der Waals surface area contributed by atoms with Crippen LogP contribution in [0.3, 0.4) is 0 Å². The molecule has 1 saturated heterocycles. The highest BCUT2D eigenvalue weighted by Gasteiger charge is 2.22. The summed E-state index contributed by atoms with van der Waals surface area (Å²) in [5.74, 6) is 0.795. The first-order valence-electron chi connectivity index (χ1n) is 7.32. The van der Waals surface area contributed by atoms with Crippen LogP contribution >= 0.6 is 0 Å². The molecule has 0 unspecified atom stereocenters. The monoisotopic (exact) mass is 287 g/mol. The standard InChI is InChI=1S/C15H21N5O/c1-11-4-5-15(16-6-11)20-10-14(17-18-20)9-19-7-12(2)21-13(3)8-19/h4-6,10,12-13H,7-9H2,1-3H3/t12-,13+. The van der Waals surface area contributed by atoms with Crippen molar-refractivity contribution in [2.45, 2.75) is 39.5 Å². The molecule has 6 heteroatoms. The number of pyridine rings is 1. The largest absolute Gasteiger partial charge is 0.373 e. The fourth-order valence-electron chi connectivity index (χ4n) is 2.72. The van der Waals surface area contributed by atoms with Gasteiger partial charge in [0, 0.05) is 25.8 Å². The van der Waals surface area contributed by atoms with E-state index in [0.29, 0.717) is 0 Å². The predicted molar refractivity (Wildman–Crippen MR) is 79.2 cm³/mol. The van der Waals surface area contributed by atoms with Gasteiger partial charge in [0.1, 0.15) is 0 Å². The Balaban J connectivity index is 1.69. The van der Waals surface area contributed by atoms with E-state index in [-0.39, 0.29) is 12.2 Å². The number of nitrogens with zero attached hydrogens (tertiary/aromatic N) is 5. The first-order valence-corrected chi connectivity index (χ1v) is 7.32. The number of rotatable bonds is 3. The summed E-state index contributed by atoms with van der Waals surface area (Å²) in [5.41, 5.74) is 2.09. The summed E-state index contributed by atoms with van der Waals surface area (Å²) in [5, 5.41) is 8.42. The first-order chi connectivity index (χ1) is 10.1. The molecule has 6 nitrogen and oxygen atoms in total. The molecule has 0 aromatic carbocycles. The molecule has 0 saturated carbocycles. The van der Waals surface area contributed by atoms with Crippen LogP contribution in [0.25, 0.3) is 5.82 Å². The molecule has 0 aliphatic carbocycles. The van der Waals surface area contributed by atoms with E-state index in [4.69, 9.17) is 4.74 Å². The summed E-state index contributed by atoms with van der Waals surface area (Å²) in [4.78, 5) is 6.72. The molecular weight excluding hydrogens is 266 g/mol. The molecule has 3 rings (SSSR count). The molecule has 1 fully saturated rings. The molecule has 3 heterocycles. The summed E-state index contributed by atoms with van der Waals surface area (Å²) in [7, 11) is 0. The zero-order valence-electron chi connectivity index (χ0n) is 12.7. The Bertz CT molecular complexity index is 584. The second-order valence-electron chi connectivity index (χ2n) is 5.80. The lowest BCUT2D eigenvalue weighted by atomic mass is 10.2. The van der Waals surface area contributed by atoms with Gasteiger partial charge < -0.3 is 4.74 Å². The van der Waals surface area contributed by atoms with Crippen LogP contribution < -0.4 is 0 Å². The molecule has 0 N–H and O–H groups in total. The molecule has 0 bridgehead atoms. The van der Waals surface area contributed by atoms with E-state index in [9.17, 15) is 0 Å². The van der Waals surface area contributed by atoms with Crippen molar-refractivity contribution in [3.63, 3.8) is 0 Å². The molecular formula is C15H21N5O. The molecule has 2 aromatic rings. The van der Waals surface area contributed by atoms with Gasteiger partial charge in [-0.1, -0.05) is 11.3 Å². The van der Waals surface area contributed by atoms with E-state index in [1.165, 1.54) is 0 Å². The van der Waals surface area contributed by atoms with E-state index in [2.05, 4.69) is 34.0 Å². The van der Waals surface area contributed by atoms with Crippen LogP contribution in [0.2, 0.25) is 0 Å². The molecule has 1 aliphatic rings. The lowest BCUT2D eigenvalue weighted by molar-refractivity contribution is -0.0707. The van der Waals surface area contributed by atoms with Gasteiger partial charge in [-0.15, -0.1) is 5.10 Å². The third-order valence-electron chi connectivity index (χ3n) is 3.55. The summed E-state index contributed by atoms with van der Waals surface area (Å²) in [6.07, 6.45) is 4.31. The van der Waals surface area contributed by atoms with Gasteiger partial charge >= 0.3 is 0 Å². The number of aromatic nitrogens is 4. The minimum atomic E-state index is 0.266. The Morgan fingerprint density at radius 2 is 2.00 bits per heavy atom. The van der Waals surface area contributed by atoms with Crippen LogP contribution in [-0.4, -0.2) is 50.2 Å². The molecule has 21 heavy (non-hydrogen) atoms. The maximum Gasteiger partial charge on any atom is 0.155 e. The Hall–Kier alpha value is -1.79. The number of ether oxygens (including phenoxy) is 1. The fourth-order valence-corrected chi connectivity index (χ4v) is 2.72. The highest BCUT2D eigenvalue weighted by atomic mass is 16.5. The molecule has 112 valence electrons. The summed E-state index contributed by atoms with van der Waals surface area (Å²) in [6, 6.07) is 3.97. The minimum absolute atomic E-state index is 0.266. The molecule has 0 spiro atoms. The van der Waals surface area contributed by atoms with Crippen LogP contribution in [0.1, 0.15) is 25.1 Å². The number of hydrogen-bond acceptors (Lipinski definition) is 5. The normalized spacial score (nSPS) is 23.4. The first kappa shape index (κ1) is 14.2. The van der Waals surface area contributed by atoms with E-state index in [0.717, 1.165) is 36.7 Å². The minimum Gasteiger partial charge on any atom is -0.373 e. The zero-order valence-corrected chi connectivity index (χ0v) is 12.7. The lowest BCUT2D eigenvalue weighted by Crippen LogP contribution is -2.44. The van der Waals surface area contributed by atoms with Gasteiger partial charge in [-0.2, -0.15) is 0 Å². The quantitative estimate of drug-likeness (QED) is 0.858. The number of hydrogen-bond donors (Lipinski definition) is 0. The van der Waals surface area contributed by atoms with E-state index in [1.807, 2.05) is 31.5 Å². The number of morpholine rings is 1. The van der Waals surface area contributed by atoms with E-state index < -0.39 is 0 Å². The third-order valence-corrected chi connectivity index (χ3v) is 3.55. The second kappa shape index (κ2) is 5.91. The van der Waals surface area contributed by atoms with Crippen LogP contribution in [0.15, 0.2) is 24.5 Å². The van der Waals surface area contributed by atoms with Crippen molar-refractivity contribution < 1.29 is 4.74 Å². The van der Waals surface area contributed by atoms with Crippen molar-refractivity contribution in [1.29, 1.82) is 0 Å². The van der Waals surface area contributed by atoms with Crippen LogP contribution in [0.4, 0.5) is 0 Å². The molecule has 1 aliphatic heterocycles. The summed E-state index contributed by atoms with van der Waals surface area (Å²) in [6.45, 7) is 8.89. The van der Waals surface area contributed by atoms with Crippen molar-refractivity contribution in [3.8, 4) is 5.82 Å². The lowest BCUT2D eigenvalue weighted by Gasteiger charge is -2.34. The number of aryl methyl sites for hydroxylation is 1. The van der Waals surface area contributed by atoms with Crippen molar-refractivity contribution in [2.24, 2.45) is 0 Å². The molecule has 0 amide bonds. The van der Waals surface area contributed by atoms with Crippen molar-refractivity contribution in [1.82, 2.24) is 24.9 Å². The Kier molecular flexibility index (Phi) is 3.98. The summed E-state index contributed by atoms with van der Waals surface area (Å²) >= 11 is 0. The van der Waals surface area contributed by atoms with Crippen molar-refractivity contribution in [2.75, 3.05) is 13.1 Å². The predicted octanol–water partition coefficient (Wildman–Crippen LogP) is 1.58. The SMILES string of the molecule is Cc1ccc(-n2cc(CN3C[C@@H](C)O[C@@H](C)C3)nn2)nc1. The van der Waals surface area contributed by atoms with E-state index in [1.54, 1.807) is 4.68 Å². The van der Waals surface area contributed by atoms with Gasteiger partial charge in [0.25, 0.3) is 0 Å². The molecule has 2 aromatic heterocycles.